The molecule has 0 aliphatic carbocycles. The molecule has 98 valence electrons. The van der Waals surface area contributed by atoms with E-state index in [9.17, 15) is 13.6 Å². The van der Waals surface area contributed by atoms with Crippen LogP contribution in [-0.2, 0) is 0 Å². The molecule has 0 radical (unpaired) electrons. The maximum Gasteiger partial charge on any atom is 0.387 e. The summed E-state index contributed by atoms with van der Waals surface area (Å²) in [6.07, 6.45) is 0. The van der Waals surface area contributed by atoms with Gasteiger partial charge in [-0.15, -0.1) is 0 Å². The van der Waals surface area contributed by atoms with Crippen LogP contribution in [-0.4, -0.2) is 12.4 Å². The first-order valence-electron chi connectivity index (χ1n) is 5.41. The van der Waals surface area contributed by atoms with Gasteiger partial charge in [-0.1, -0.05) is 28.1 Å². The van der Waals surface area contributed by atoms with Crippen LogP contribution in [0.4, 0.5) is 8.78 Å². The number of ketones is 1. The number of ether oxygens (including phenoxy) is 1. The van der Waals surface area contributed by atoms with Crippen LogP contribution in [0.25, 0.3) is 0 Å². The van der Waals surface area contributed by atoms with Crippen LogP contribution >= 0.6 is 15.9 Å². The molecule has 0 aliphatic heterocycles. The third-order valence-corrected chi connectivity index (χ3v) is 2.96. The minimum Gasteiger partial charge on any atom is -0.435 e. The number of hydrogen-bond acceptors (Lipinski definition) is 2. The number of halogens is 3. The van der Waals surface area contributed by atoms with Crippen LogP contribution in [0.15, 0.2) is 53.0 Å². The Labute approximate surface area is 117 Å². The van der Waals surface area contributed by atoms with Gasteiger partial charge in [0.15, 0.2) is 5.78 Å². The quantitative estimate of drug-likeness (QED) is 0.784. The molecule has 0 bridgehead atoms. The Balaban J connectivity index is 2.26. The predicted octanol–water partition coefficient (Wildman–Crippen LogP) is 4.28. The Morgan fingerprint density at radius 3 is 2.37 bits per heavy atom. The lowest BCUT2D eigenvalue weighted by Gasteiger charge is -2.06. The Morgan fingerprint density at radius 1 is 1.05 bits per heavy atom. The van der Waals surface area contributed by atoms with Gasteiger partial charge in [0, 0.05) is 15.6 Å². The van der Waals surface area contributed by atoms with E-state index in [1.54, 1.807) is 30.3 Å². The number of rotatable bonds is 4. The SMILES string of the molecule is O=C(c1ccc(Br)cc1)c1cccc(OC(F)F)c1. The molecule has 0 unspecified atom stereocenters. The lowest BCUT2D eigenvalue weighted by atomic mass is 10.0. The lowest BCUT2D eigenvalue weighted by Crippen LogP contribution is -2.04. The van der Waals surface area contributed by atoms with Crippen LogP contribution < -0.4 is 4.74 Å². The lowest BCUT2D eigenvalue weighted by molar-refractivity contribution is -0.0498. The highest BCUT2D eigenvalue weighted by Gasteiger charge is 2.11. The van der Waals surface area contributed by atoms with Crippen molar-refractivity contribution < 1.29 is 18.3 Å². The Morgan fingerprint density at radius 2 is 1.74 bits per heavy atom. The average Bonchev–Trinajstić information content (AvgIpc) is 2.38. The summed E-state index contributed by atoms with van der Waals surface area (Å²) in [6, 6.07) is 12.5. The number of hydrogen-bond donors (Lipinski definition) is 0. The summed E-state index contributed by atoms with van der Waals surface area (Å²) < 4.78 is 29.3. The maximum absolute atomic E-state index is 12.1. The Bertz CT molecular complexity index is 582. The molecule has 0 spiro atoms. The summed E-state index contributed by atoms with van der Waals surface area (Å²) >= 11 is 3.27. The van der Waals surface area contributed by atoms with E-state index in [1.165, 1.54) is 18.2 Å². The van der Waals surface area contributed by atoms with Gasteiger partial charge in [0.05, 0.1) is 0 Å². The van der Waals surface area contributed by atoms with Crippen LogP contribution in [0.1, 0.15) is 15.9 Å². The predicted molar refractivity (Wildman–Crippen MR) is 70.6 cm³/mol. The van der Waals surface area contributed by atoms with Crippen LogP contribution in [0.5, 0.6) is 5.75 Å². The summed E-state index contributed by atoms with van der Waals surface area (Å²) in [5.74, 6) is -0.273. The first-order valence-corrected chi connectivity index (χ1v) is 6.21. The van der Waals surface area contributed by atoms with Crippen molar-refractivity contribution in [3.05, 3.63) is 64.1 Å². The molecule has 5 heteroatoms. The first kappa shape index (κ1) is 13.7. The summed E-state index contributed by atoms with van der Waals surface area (Å²) in [5.41, 5.74) is 0.790. The third kappa shape index (κ3) is 3.61. The second-order valence-electron chi connectivity index (χ2n) is 3.74. The smallest absolute Gasteiger partial charge is 0.387 e. The average molecular weight is 327 g/mol. The molecule has 0 N–H and O–H groups in total. The van der Waals surface area contributed by atoms with E-state index in [2.05, 4.69) is 20.7 Å². The molecular formula is C14H9BrF2O2. The zero-order valence-electron chi connectivity index (χ0n) is 9.65. The second-order valence-corrected chi connectivity index (χ2v) is 4.66. The molecule has 2 rings (SSSR count). The molecular weight excluding hydrogens is 318 g/mol. The van der Waals surface area contributed by atoms with E-state index in [0.717, 1.165) is 4.47 Å². The zero-order chi connectivity index (χ0) is 13.8. The monoisotopic (exact) mass is 326 g/mol. The van der Waals surface area contributed by atoms with Crippen molar-refractivity contribution >= 4 is 21.7 Å². The van der Waals surface area contributed by atoms with Gasteiger partial charge < -0.3 is 4.74 Å². The maximum atomic E-state index is 12.1. The van der Waals surface area contributed by atoms with Crippen molar-refractivity contribution in [3.8, 4) is 5.75 Å². The van der Waals surface area contributed by atoms with Gasteiger partial charge in [0.1, 0.15) is 5.75 Å². The van der Waals surface area contributed by atoms with Gasteiger partial charge in [-0.3, -0.25) is 4.79 Å². The van der Waals surface area contributed by atoms with Gasteiger partial charge in [-0.2, -0.15) is 8.78 Å². The Kier molecular flexibility index (Phi) is 4.27. The summed E-state index contributed by atoms with van der Waals surface area (Å²) in [7, 11) is 0. The molecule has 2 nitrogen and oxygen atoms in total. The molecule has 0 heterocycles. The molecule has 2 aromatic carbocycles. The van der Waals surface area contributed by atoms with Crippen molar-refractivity contribution in [1.29, 1.82) is 0 Å². The minimum atomic E-state index is -2.90. The van der Waals surface area contributed by atoms with Gasteiger partial charge in [0.2, 0.25) is 0 Å². The normalized spacial score (nSPS) is 10.5. The molecule has 0 saturated heterocycles. The van der Waals surface area contributed by atoms with Crippen molar-refractivity contribution in [2.75, 3.05) is 0 Å². The second kappa shape index (κ2) is 5.93. The van der Waals surface area contributed by atoms with E-state index >= 15 is 0 Å². The fourth-order valence-electron chi connectivity index (χ4n) is 1.58. The minimum absolute atomic E-state index is 0.0297. The molecule has 0 amide bonds. The van der Waals surface area contributed by atoms with Crippen LogP contribution in [0, 0.1) is 0 Å². The molecule has 0 aliphatic rings. The van der Waals surface area contributed by atoms with Gasteiger partial charge in [-0.25, -0.2) is 0 Å². The van der Waals surface area contributed by atoms with Gasteiger partial charge in [0.25, 0.3) is 0 Å². The van der Waals surface area contributed by atoms with Crippen molar-refractivity contribution in [3.63, 3.8) is 0 Å². The molecule has 0 atom stereocenters. The number of carbonyl (C=O) groups excluding carboxylic acids is 1. The summed E-state index contributed by atoms with van der Waals surface area (Å²) in [6.45, 7) is -2.90. The zero-order valence-corrected chi connectivity index (χ0v) is 11.2. The van der Waals surface area contributed by atoms with Crippen LogP contribution in [0.2, 0.25) is 0 Å². The summed E-state index contributed by atoms with van der Waals surface area (Å²) in [4.78, 5) is 12.1. The highest BCUT2D eigenvalue weighted by molar-refractivity contribution is 9.10. The molecule has 0 saturated carbocycles. The van der Waals surface area contributed by atoms with Crippen molar-refractivity contribution in [2.45, 2.75) is 6.61 Å². The Hall–Kier alpha value is -1.75. The van der Waals surface area contributed by atoms with E-state index in [4.69, 9.17) is 0 Å². The van der Waals surface area contributed by atoms with E-state index in [-0.39, 0.29) is 11.5 Å². The van der Waals surface area contributed by atoms with Crippen molar-refractivity contribution in [2.24, 2.45) is 0 Å². The number of benzene rings is 2. The van der Waals surface area contributed by atoms with Gasteiger partial charge >= 0.3 is 6.61 Å². The van der Waals surface area contributed by atoms with Gasteiger partial charge in [-0.05, 0) is 36.4 Å². The highest BCUT2D eigenvalue weighted by Crippen LogP contribution is 2.19. The number of carbonyl (C=O) groups is 1. The molecule has 0 aromatic heterocycles. The largest absolute Gasteiger partial charge is 0.435 e. The number of alkyl halides is 2. The topological polar surface area (TPSA) is 26.3 Å². The van der Waals surface area contributed by atoms with Crippen LogP contribution in [0.3, 0.4) is 0 Å². The molecule has 0 fully saturated rings. The molecule has 19 heavy (non-hydrogen) atoms. The first-order chi connectivity index (χ1) is 9.06. The fraction of sp³-hybridized carbons (Fsp3) is 0.0714. The highest BCUT2D eigenvalue weighted by atomic mass is 79.9. The van der Waals surface area contributed by atoms with E-state index in [0.29, 0.717) is 11.1 Å². The molecule has 2 aromatic rings. The van der Waals surface area contributed by atoms with E-state index < -0.39 is 6.61 Å². The van der Waals surface area contributed by atoms with E-state index in [1.807, 2.05) is 0 Å². The fourth-order valence-corrected chi connectivity index (χ4v) is 1.85. The summed E-state index contributed by atoms with van der Waals surface area (Å²) in [5, 5.41) is 0. The third-order valence-electron chi connectivity index (χ3n) is 2.43. The van der Waals surface area contributed by atoms with Crippen molar-refractivity contribution in [1.82, 2.24) is 0 Å². The standard InChI is InChI=1S/C14H9BrF2O2/c15-11-6-4-9(5-7-11)13(18)10-2-1-3-12(8-10)19-14(16)17/h1-8,14H.